The summed E-state index contributed by atoms with van der Waals surface area (Å²) in [4.78, 5) is 0. The third-order valence-electron chi connectivity index (χ3n) is 4.18. The van der Waals surface area contributed by atoms with E-state index in [9.17, 15) is 8.42 Å². The molecule has 112 valence electrons. The predicted molar refractivity (Wildman–Crippen MR) is 83.7 cm³/mol. The van der Waals surface area contributed by atoms with Gasteiger partial charge in [0.05, 0.1) is 22.7 Å². The quantitative estimate of drug-likeness (QED) is 0.920. The summed E-state index contributed by atoms with van der Waals surface area (Å²) >= 11 is 0. The first-order valence-electron chi connectivity index (χ1n) is 6.93. The average Bonchev–Trinajstić information content (AvgIpc) is 2.92. The molecule has 2 aromatic rings. The van der Waals surface area contributed by atoms with Crippen molar-refractivity contribution < 1.29 is 8.42 Å². The van der Waals surface area contributed by atoms with Crippen LogP contribution in [0.5, 0.6) is 0 Å². The van der Waals surface area contributed by atoms with Crippen molar-refractivity contribution in [1.29, 1.82) is 0 Å². The topological polar surface area (TPSA) is 78.0 Å². The van der Waals surface area contributed by atoms with Crippen LogP contribution >= 0.6 is 0 Å². The highest BCUT2D eigenvalue weighted by atomic mass is 32.2. The molecule has 21 heavy (non-hydrogen) atoms. The maximum Gasteiger partial charge on any atom is 0.152 e. The Kier molecular flexibility index (Phi) is 3.09. The van der Waals surface area contributed by atoms with Crippen LogP contribution in [-0.2, 0) is 15.4 Å². The highest BCUT2D eigenvalue weighted by Crippen LogP contribution is 2.34. The van der Waals surface area contributed by atoms with Gasteiger partial charge in [-0.05, 0) is 25.8 Å². The zero-order valence-electron chi connectivity index (χ0n) is 12.2. The second kappa shape index (κ2) is 4.59. The van der Waals surface area contributed by atoms with Crippen molar-refractivity contribution in [1.82, 2.24) is 9.78 Å². The number of nitrogens with two attached hydrogens (primary N) is 1. The molecule has 1 aliphatic heterocycles. The molecular weight excluding hydrogens is 286 g/mol. The molecule has 0 aliphatic carbocycles. The van der Waals surface area contributed by atoms with E-state index in [1.54, 1.807) is 10.9 Å². The molecule has 1 unspecified atom stereocenters. The van der Waals surface area contributed by atoms with Gasteiger partial charge in [0.15, 0.2) is 9.84 Å². The molecule has 6 heteroatoms. The van der Waals surface area contributed by atoms with Crippen LogP contribution in [0.2, 0.25) is 0 Å². The van der Waals surface area contributed by atoms with Gasteiger partial charge in [0.1, 0.15) is 5.69 Å². The molecule has 0 radical (unpaired) electrons. The minimum Gasteiger partial charge on any atom is -0.396 e. The van der Waals surface area contributed by atoms with Gasteiger partial charge in [-0.15, -0.1) is 0 Å². The Bertz CT molecular complexity index is 795. The van der Waals surface area contributed by atoms with E-state index in [0.29, 0.717) is 12.1 Å². The molecule has 5 nitrogen and oxygen atoms in total. The van der Waals surface area contributed by atoms with Gasteiger partial charge in [-0.2, -0.15) is 5.10 Å². The molecule has 1 aromatic heterocycles. The van der Waals surface area contributed by atoms with Crippen molar-refractivity contribution in [2.45, 2.75) is 25.8 Å². The van der Waals surface area contributed by atoms with Crippen LogP contribution in [0.3, 0.4) is 0 Å². The number of nitrogens with zero attached hydrogens (tertiary/aromatic N) is 2. The molecule has 1 aliphatic rings. The van der Waals surface area contributed by atoms with Crippen molar-refractivity contribution >= 4 is 15.5 Å². The maximum atomic E-state index is 11.8. The monoisotopic (exact) mass is 305 g/mol. The summed E-state index contributed by atoms with van der Waals surface area (Å²) in [5.74, 6) is 0.331. The first kappa shape index (κ1) is 14.1. The van der Waals surface area contributed by atoms with Gasteiger partial charge in [-0.3, -0.25) is 4.68 Å². The van der Waals surface area contributed by atoms with Crippen LogP contribution in [0.1, 0.15) is 18.9 Å². The highest BCUT2D eigenvalue weighted by molar-refractivity contribution is 7.91. The van der Waals surface area contributed by atoms with Crippen molar-refractivity contribution in [3.05, 3.63) is 36.0 Å². The van der Waals surface area contributed by atoms with E-state index in [1.807, 2.05) is 38.1 Å². The molecule has 0 saturated carbocycles. The lowest BCUT2D eigenvalue weighted by molar-refractivity contribution is 0.329. The number of rotatable bonds is 2. The molecular formula is C15H19N3O2S. The van der Waals surface area contributed by atoms with Crippen molar-refractivity contribution in [2.24, 2.45) is 0 Å². The predicted octanol–water partition coefficient (Wildman–Crippen LogP) is 1.97. The van der Waals surface area contributed by atoms with E-state index in [0.717, 1.165) is 16.8 Å². The average molecular weight is 305 g/mol. The summed E-state index contributed by atoms with van der Waals surface area (Å²) in [5.41, 5.74) is 8.98. The van der Waals surface area contributed by atoms with Gasteiger partial charge in [0, 0.05) is 11.8 Å². The largest absolute Gasteiger partial charge is 0.396 e. The van der Waals surface area contributed by atoms with Gasteiger partial charge in [0.2, 0.25) is 0 Å². The normalized spacial score (nSPS) is 24.3. The zero-order valence-corrected chi connectivity index (χ0v) is 13.0. The Morgan fingerprint density at radius 1 is 1.33 bits per heavy atom. The summed E-state index contributed by atoms with van der Waals surface area (Å²) in [7, 11) is -2.98. The fourth-order valence-corrected chi connectivity index (χ4v) is 5.01. The first-order valence-corrected chi connectivity index (χ1v) is 8.75. The molecule has 1 atom stereocenters. The Labute approximate surface area is 124 Å². The van der Waals surface area contributed by atoms with Gasteiger partial charge in [-0.25, -0.2) is 8.42 Å². The summed E-state index contributed by atoms with van der Waals surface area (Å²) < 4.78 is 25.3. The fraction of sp³-hybridized carbons (Fsp3) is 0.400. The second-order valence-electron chi connectivity index (χ2n) is 6.03. The number of aryl methyl sites for hydroxylation is 1. The Morgan fingerprint density at radius 3 is 2.67 bits per heavy atom. The van der Waals surface area contributed by atoms with Crippen LogP contribution < -0.4 is 5.73 Å². The van der Waals surface area contributed by atoms with Crippen molar-refractivity contribution in [3.63, 3.8) is 0 Å². The Balaban J connectivity index is 2.05. The van der Waals surface area contributed by atoms with Crippen LogP contribution in [-0.4, -0.2) is 29.7 Å². The molecule has 0 bridgehead atoms. The van der Waals surface area contributed by atoms with Crippen LogP contribution in [0.25, 0.3) is 11.3 Å². The van der Waals surface area contributed by atoms with Crippen molar-refractivity contribution in [2.75, 3.05) is 17.2 Å². The number of aromatic nitrogens is 2. The Morgan fingerprint density at radius 2 is 2.05 bits per heavy atom. The molecule has 2 heterocycles. The number of anilines is 1. The van der Waals surface area contributed by atoms with E-state index in [4.69, 9.17) is 5.73 Å². The van der Waals surface area contributed by atoms with Gasteiger partial charge in [-0.1, -0.05) is 24.3 Å². The second-order valence-corrected chi connectivity index (χ2v) is 8.22. The first-order chi connectivity index (χ1) is 9.81. The van der Waals surface area contributed by atoms with E-state index in [1.165, 1.54) is 0 Å². The van der Waals surface area contributed by atoms with E-state index < -0.39 is 15.4 Å². The number of sulfone groups is 1. The summed E-state index contributed by atoms with van der Waals surface area (Å²) in [6, 6.07) is 7.90. The van der Waals surface area contributed by atoms with Crippen LogP contribution in [0.4, 0.5) is 5.69 Å². The van der Waals surface area contributed by atoms with E-state index >= 15 is 0 Å². The lowest BCUT2D eigenvalue weighted by atomic mass is 10.0. The highest BCUT2D eigenvalue weighted by Gasteiger charge is 2.41. The maximum absolute atomic E-state index is 11.8. The number of benzene rings is 1. The van der Waals surface area contributed by atoms with Crippen LogP contribution in [0.15, 0.2) is 30.5 Å². The fourth-order valence-electron chi connectivity index (χ4n) is 2.89. The molecule has 2 N–H and O–H groups in total. The lowest BCUT2D eigenvalue weighted by Gasteiger charge is -2.22. The molecule has 0 amide bonds. The number of hydrogen-bond acceptors (Lipinski definition) is 4. The smallest absolute Gasteiger partial charge is 0.152 e. The number of hydrogen-bond donors (Lipinski definition) is 1. The summed E-state index contributed by atoms with van der Waals surface area (Å²) in [6.07, 6.45) is 2.33. The van der Waals surface area contributed by atoms with Crippen molar-refractivity contribution in [3.8, 4) is 11.3 Å². The number of nitrogen functional groups attached to an aromatic ring is 1. The van der Waals surface area contributed by atoms with Gasteiger partial charge in [0.25, 0.3) is 0 Å². The van der Waals surface area contributed by atoms with Gasteiger partial charge < -0.3 is 5.73 Å². The van der Waals surface area contributed by atoms with Crippen LogP contribution in [0, 0.1) is 6.92 Å². The summed E-state index contributed by atoms with van der Waals surface area (Å²) in [5, 5.41) is 4.59. The SMILES string of the molecule is Cc1ccccc1-c1nn(C2(C)CCS(=O)(=O)C2)cc1N. The van der Waals surface area contributed by atoms with E-state index in [-0.39, 0.29) is 11.5 Å². The molecule has 0 spiro atoms. The molecule has 1 saturated heterocycles. The third-order valence-corrected chi connectivity index (χ3v) is 6.07. The van der Waals surface area contributed by atoms with E-state index in [2.05, 4.69) is 5.10 Å². The standard InChI is InChI=1S/C15H19N3O2S/c1-11-5-3-4-6-12(11)14-13(16)9-18(17-14)15(2)7-8-21(19,20)10-15/h3-6,9H,7-8,10,16H2,1-2H3. The van der Waals surface area contributed by atoms with Gasteiger partial charge >= 0.3 is 0 Å². The molecule has 3 rings (SSSR count). The lowest BCUT2D eigenvalue weighted by Crippen LogP contribution is -2.31. The zero-order chi connectivity index (χ0) is 15.3. The minimum atomic E-state index is -2.98. The minimum absolute atomic E-state index is 0.119. The molecule has 1 aromatic carbocycles. The third kappa shape index (κ3) is 2.44. The Hall–Kier alpha value is -1.82. The summed E-state index contributed by atoms with van der Waals surface area (Å²) in [6.45, 7) is 3.93. The molecule has 1 fully saturated rings.